The van der Waals surface area contributed by atoms with E-state index < -0.39 is 0 Å². The van der Waals surface area contributed by atoms with E-state index in [0.29, 0.717) is 6.54 Å². The summed E-state index contributed by atoms with van der Waals surface area (Å²) < 4.78 is 1.10. The third kappa shape index (κ3) is 3.04. The van der Waals surface area contributed by atoms with E-state index in [1.165, 1.54) is 0 Å². The molecule has 3 nitrogen and oxygen atoms in total. The second kappa shape index (κ2) is 6.20. The highest BCUT2D eigenvalue weighted by atomic mass is 32.1. The molecular weight excluding hydrogens is 300 g/mol. The zero-order chi connectivity index (χ0) is 14.7. The quantitative estimate of drug-likeness (QED) is 0.668. The maximum Gasteiger partial charge on any atom is 0.252 e. The van der Waals surface area contributed by atoms with Gasteiger partial charge in [-0.1, -0.05) is 23.5 Å². The van der Waals surface area contributed by atoms with Crippen molar-refractivity contribution >= 4 is 50.0 Å². The Bertz CT molecular complexity index is 742. The summed E-state index contributed by atoms with van der Waals surface area (Å²) in [5.74, 6) is -0.0391. The highest BCUT2D eigenvalue weighted by Crippen LogP contribution is 2.28. The van der Waals surface area contributed by atoms with Crippen LogP contribution >= 0.6 is 22.7 Å². The Morgan fingerprint density at radius 3 is 2.90 bits per heavy atom. The molecule has 2 heterocycles. The van der Waals surface area contributed by atoms with Crippen molar-refractivity contribution in [2.45, 2.75) is 6.92 Å². The van der Waals surface area contributed by atoms with Crippen LogP contribution in [-0.2, 0) is 4.79 Å². The lowest BCUT2D eigenvalue weighted by Gasteiger charge is -2.14. The largest absolute Gasteiger partial charge is 0.285 e. The Kier molecular flexibility index (Phi) is 4.13. The number of anilines is 1. The molecule has 106 valence electrons. The second-order valence-electron chi connectivity index (χ2n) is 4.44. The van der Waals surface area contributed by atoms with Gasteiger partial charge in [0.2, 0.25) is 0 Å². The summed E-state index contributed by atoms with van der Waals surface area (Å²) in [6, 6.07) is 9.92. The number of amides is 1. The lowest BCUT2D eigenvalue weighted by atomic mass is 10.3. The summed E-state index contributed by atoms with van der Waals surface area (Å²) in [7, 11) is 0. The number of carbonyl (C=O) groups is 1. The molecule has 1 aromatic carbocycles. The average molecular weight is 314 g/mol. The molecule has 0 unspecified atom stereocenters. The fourth-order valence-corrected chi connectivity index (χ4v) is 3.65. The molecular formula is C16H14N2OS2. The maximum atomic E-state index is 12.4. The monoisotopic (exact) mass is 314 g/mol. The topological polar surface area (TPSA) is 33.2 Å². The minimum absolute atomic E-state index is 0.0391. The fourth-order valence-electron chi connectivity index (χ4n) is 1.99. The highest BCUT2D eigenvalue weighted by Gasteiger charge is 2.15. The van der Waals surface area contributed by atoms with Crippen molar-refractivity contribution in [3.05, 3.63) is 52.7 Å². The van der Waals surface area contributed by atoms with E-state index in [2.05, 4.69) is 4.98 Å². The molecule has 0 aliphatic heterocycles. The number of likely N-dealkylation sites (N-methyl/N-ethyl adjacent to an activating group) is 1. The summed E-state index contributed by atoms with van der Waals surface area (Å²) >= 11 is 3.16. The van der Waals surface area contributed by atoms with E-state index >= 15 is 0 Å². The van der Waals surface area contributed by atoms with E-state index in [0.717, 1.165) is 20.9 Å². The van der Waals surface area contributed by atoms with Crippen LogP contribution < -0.4 is 4.90 Å². The van der Waals surface area contributed by atoms with Crippen LogP contribution in [0.25, 0.3) is 16.3 Å². The van der Waals surface area contributed by atoms with Crippen LogP contribution in [-0.4, -0.2) is 17.4 Å². The first-order chi connectivity index (χ1) is 10.3. The number of fused-ring (bicyclic) bond motifs is 1. The van der Waals surface area contributed by atoms with Crippen molar-refractivity contribution in [3.63, 3.8) is 0 Å². The lowest BCUT2D eigenvalue weighted by molar-refractivity contribution is -0.114. The molecule has 0 fully saturated rings. The molecule has 3 rings (SSSR count). The smallest absolute Gasteiger partial charge is 0.252 e. The normalized spacial score (nSPS) is 11.3. The first-order valence-electron chi connectivity index (χ1n) is 6.65. The van der Waals surface area contributed by atoms with Crippen molar-refractivity contribution in [2.24, 2.45) is 0 Å². The van der Waals surface area contributed by atoms with Crippen molar-refractivity contribution in [1.82, 2.24) is 4.98 Å². The first kappa shape index (κ1) is 14.0. The number of hydrogen-bond donors (Lipinski definition) is 0. The van der Waals surface area contributed by atoms with Crippen molar-refractivity contribution in [1.29, 1.82) is 0 Å². The minimum atomic E-state index is -0.0391. The summed E-state index contributed by atoms with van der Waals surface area (Å²) in [4.78, 5) is 18.6. The molecule has 0 saturated heterocycles. The number of nitrogens with zero attached hydrogens (tertiary/aromatic N) is 2. The zero-order valence-electron chi connectivity index (χ0n) is 11.5. The van der Waals surface area contributed by atoms with Gasteiger partial charge in [-0.25, -0.2) is 4.98 Å². The molecule has 0 atom stereocenters. The van der Waals surface area contributed by atoms with Crippen LogP contribution in [0.5, 0.6) is 0 Å². The number of benzene rings is 1. The number of hydrogen-bond acceptors (Lipinski definition) is 4. The minimum Gasteiger partial charge on any atom is -0.285 e. The molecule has 5 heteroatoms. The summed E-state index contributed by atoms with van der Waals surface area (Å²) in [6.45, 7) is 2.56. The number of carbonyl (C=O) groups excluding carboxylic acids is 1. The Hall–Kier alpha value is -1.98. The first-order valence-corrected chi connectivity index (χ1v) is 8.41. The van der Waals surface area contributed by atoms with E-state index in [1.807, 2.05) is 54.1 Å². The number of para-hydroxylation sites is 1. The van der Waals surface area contributed by atoms with Gasteiger partial charge in [0, 0.05) is 12.6 Å². The van der Waals surface area contributed by atoms with Gasteiger partial charge in [-0.2, -0.15) is 11.3 Å². The number of aromatic nitrogens is 1. The van der Waals surface area contributed by atoms with Gasteiger partial charge in [-0.15, -0.1) is 0 Å². The van der Waals surface area contributed by atoms with Gasteiger partial charge < -0.3 is 0 Å². The SMILES string of the molecule is CCN(C(=O)/C=C/c1ccsc1)c1nc2ccccc2s1. The van der Waals surface area contributed by atoms with Gasteiger partial charge in [0.05, 0.1) is 10.2 Å². The standard InChI is InChI=1S/C16H14N2OS2/c1-2-18(15(19)8-7-12-9-10-20-11-12)16-17-13-5-3-4-6-14(13)21-16/h3-11H,2H2,1H3/b8-7+. The van der Waals surface area contributed by atoms with Crippen molar-refractivity contribution in [3.8, 4) is 0 Å². The molecule has 0 aliphatic carbocycles. The van der Waals surface area contributed by atoms with Crippen molar-refractivity contribution in [2.75, 3.05) is 11.4 Å². The summed E-state index contributed by atoms with van der Waals surface area (Å²) in [5, 5.41) is 4.76. The Labute approximate surface area is 131 Å². The van der Waals surface area contributed by atoms with Crippen LogP contribution in [0, 0.1) is 0 Å². The Morgan fingerprint density at radius 1 is 1.33 bits per heavy atom. The molecule has 2 aromatic heterocycles. The van der Waals surface area contributed by atoms with Gasteiger partial charge in [-0.05, 0) is 47.5 Å². The van der Waals surface area contributed by atoms with Gasteiger partial charge >= 0.3 is 0 Å². The third-order valence-corrected chi connectivity index (χ3v) is 4.82. The molecule has 0 spiro atoms. The molecule has 3 aromatic rings. The lowest BCUT2D eigenvalue weighted by Crippen LogP contribution is -2.28. The predicted molar refractivity (Wildman–Crippen MR) is 91.0 cm³/mol. The van der Waals surface area contributed by atoms with Gasteiger partial charge in [0.15, 0.2) is 5.13 Å². The highest BCUT2D eigenvalue weighted by molar-refractivity contribution is 7.22. The van der Waals surface area contributed by atoms with Crippen molar-refractivity contribution < 1.29 is 4.79 Å². The molecule has 0 bridgehead atoms. The van der Waals surface area contributed by atoms with Crippen LogP contribution in [0.4, 0.5) is 5.13 Å². The zero-order valence-corrected chi connectivity index (χ0v) is 13.2. The summed E-state index contributed by atoms with van der Waals surface area (Å²) in [5.41, 5.74) is 1.99. The van der Waals surface area contributed by atoms with Crippen LogP contribution in [0.1, 0.15) is 12.5 Å². The van der Waals surface area contributed by atoms with E-state index in [1.54, 1.807) is 33.6 Å². The number of rotatable bonds is 4. The molecule has 0 saturated carbocycles. The van der Waals surface area contributed by atoms with E-state index in [9.17, 15) is 4.79 Å². The van der Waals surface area contributed by atoms with E-state index in [4.69, 9.17) is 0 Å². The molecule has 1 amide bonds. The molecule has 0 N–H and O–H groups in total. The number of thiazole rings is 1. The maximum absolute atomic E-state index is 12.4. The number of thiophene rings is 1. The second-order valence-corrected chi connectivity index (χ2v) is 6.23. The molecule has 0 radical (unpaired) electrons. The van der Waals surface area contributed by atoms with E-state index in [-0.39, 0.29) is 5.91 Å². The third-order valence-electron chi connectivity index (χ3n) is 3.06. The summed E-state index contributed by atoms with van der Waals surface area (Å²) in [6.07, 6.45) is 3.45. The van der Waals surface area contributed by atoms with Crippen LogP contribution in [0.3, 0.4) is 0 Å². The predicted octanol–water partition coefficient (Wildman–Crippen LogP) is 4.42. The molecule has 0 aliphatic rings. The van der Waals surface area contributed by atoms with Gasteiger partial charge in [-0.3, -0.25) is 9.69 Å². The van der Waals surface area contributed by atoms with Crippen LogP contribution in [0.15, 0.2) is 47.2 Å². The van der Waals surface area contributed by atoms with Gasteiger partial charge in [0.25, 0.3) is 5.91 Å². The fraction of sp³-hybridized carbons (Fsp3) is 0.125. The van der Waals surface area contributed by atoms with Gasteiger partial charge in [0.1, 0.15) is 0 Å². The average Bonchev–Trinajstić information content (AvgIpc) is 3.15. The van der Waals surface area contributed by atoms with Crippen LogP contribution in [0.2, 0.25) is 0 Å². The Balaban J connectivity index is 1.85. The molecule has 21 heavy (non-hydrogen) atoms. The Morgan fingerprint density at radius 2 is 2.19 bits per heavy atom.